The van der Waals surface area contributed by atoms with E-state index in [9.17, 15) is 14.4 Å². The van der Waals surface area contributed by atoms with Crippen LogP contribution in [0.5, 0.6) is 0 Å². The quantitative estimate of drug-likeness (QED) is 0.474. The molecule has 2 aromatic carbocycles. The summed E-state index contributed by atoms with van der Waals surface area (Å²) in [5.74, 6) is -1.38. The molecule has 0 atom stereocenters. The van der Waals surface area contributed by atoms with Gasteiger partial charge in [0.05, 0.1) is 11.0 Å². The van der Waals surface area contributed by atoms with Crippen LogP contribution in [0.3, 0.4) is 0 Å². The molecule has 1 aliphatic rings. The number of rotatable bonds is 3. The van der Waals surface area contributed by atoms with Gasteiger partial charge in [-0.15, -0.1) is 0 Å². The van der Waals surface area contributed by atoms with Crippen LogP contribution in [-0.4, -0.2) is 33.3 Å². The third-order valence-corrected chi connectivity index (χ3v) is 4.51. The van der Waals surface area contributed by atoms with Crippen LogP contribution >= 0.6 is 0 Å². The van der Waals surface area contributed by atoms with Crippen molar-refractivity contribution in [3.63, 3.8) is 0 Å². The van der Waals surface area contributed by atoms with Crippen molar-refractivity contribution in [2.45, 2.75) is 25.8 Å². The zero-order valence-electron chi connectivity index (χ0n) is 15.2. The first-order valence-electron chi connectivity index (χ1n) is 8.98. The van der Waals surface area contributed by atoms with Gasteiger partial charge in [-0.1, -0.05) is 18.2 Å². The number of carbonyl (C=O) groups is 3. The SMILES string of the molecule is Cc1nc2cc(C(=O)NNC(=O)C(=O)NC3CC3)ccc2n1-c1ccccc1. The van der Waals surface area contributed by atoms with Gasteiger partial charge in [-0.3, -0.25) is 29.8 Å². The number of hydrogen-bond acceptors (Lipinski definition) is 4. The first kappa shape index (κ1) is 17.7. The van der Waals surface area contributed by atoms with E-state index in [4.69, 9.17) is 0 Å². The highest BCUT2D eigenvalue weighted by Gasteiger charge is 2.26. The van der Waals surface area contributed by atoms with Gasteiger partial charge >= 0.3 is 11.8 Å². The number of fused-ring (bicyclic) bond motifs is 1. The molecule has 1 saturated carbocycles. The van der Waals surface area contributed by atoms with Crippen molar-refractivity contribution in [1.82, 2.24) is 25.7 Å². The van der Waals surface area contributed by atoms with Gasteiger partial charge in [-0.25, -0.2) is 4.98 Å². The second-order valence-corrected chi connectivity index (χ2v) is 6.69. The van der Waals surface area contributed by atoms with Gasteiger partial charge in [-0.05, 0) is 50.1 Å². The predicted octanol–water partition coefficient (Wildman–Crippen LogP) is 1.37. The van der Waals surface area contributed by atoms with E-state index in [-0.39, 0.29) is 6.04 Å². The molecule has 1 aliphatic carbocycles. The number of benzene rings is 2. The normalized spacial score (nSPS) is 13.2. The lowest BCUT2D eigenvalue weighted by Gasteiger charge is -2.08. The van der Waals surface area contributed by atoms with Crippen molar-refractivity contribution < 1.29 is 14.4 Å². The van der Waals surface area contributed by atoms with E-state index in [1.165, 1.54) is 0 Å². The Morgan fingerprint density at radius 3 is 2.46 bits per heavy atom. The lowest BCUT2D eigenvalue weighted by Crippen LogP contribution is -2.48. The molecule has 3 amide bonds. The lowest BCUT2D eigenvalue weighted by atomic mass is 10.2. The summed E-state index contributed by atoms with van der Waals surface area (Å²) in [7, 11) is 0. The number of nitrogens with zero attached hydrogens (tertiary/aromatic N) is 2. The maximum atomic E-state index is 12.3. The molecular formula is C20H19N5O3. The van der Waals surface area contributed by atoms with E-state index in [0.29, 0.717) is 11.1 Å². The summed E-state index contributed by atoms with van der Waals surface area (Å²) in [6, 6.07) is 15.0. The molecule has 142 valence electrons. The summed E-state index contributed by atoms with van der Waals surface area (Å²) in [5.41, 5.74) is 7.22. The first-order valence-corrected chi connectivity index (χ1v) is 8.98. The van der Waals surface area contributed by atoms with Crippen LogP contribution in [0.4, 0.5) is 0 Å². The zero-order chi connectivity index (χ0) is 19.7. The fraction of sp³-hybridized carbons (Fsp3) is 0.200. The molecule has 28 heavy (non-hydrogen) atoms. The number of carbonyl (C=O) groups excluding carboxylic acids is 3. The Labute approximate surface area is 160 Å². The number of aromatic nitrogens is 2. The summed E-state index contributed by atoms with van der Waals surface area (Å²) < 4.78 is 2.00. The molecule has 0 saturated heterocycles. The molecule has 8 nitrogen and oxygen atoms in total. The molecule has 1 aromatic heterocycles. The summed E-state index contributed by atoms with van der Waals surface area (Å²) in [5, 5.41) is 2.55. The van der Waals surface area contributed by atoms with Crippen LogP contribution in [0, 0.1) is 6.92 Å². The highest BCUT2D eigenvalue weighted by molar-refractivity contribution is 6.35. The number of aryl methyl sites for hydroxylation is 1. The Hall–Kier alpha value is -3.68. The Bertz CT molecular complexity index is 1070. The number of hydrogen-bond donors (Lipinski definition) is 3. The van der Waals surface area contributed by atoms with Crippen LogP contribution in [0.1, 0.15) is 29.0 Å². The maximum Gasteiger partial charge on any atom is 0.327 e. The van der Waals surface area contributed by atoms with E-state index in [0.717, 1.165) is 29.9 Å². The van der Waals surface area contributed by atoms with Crippen molar-refractivity contribution in [2.24, 2.45) is 0 Å². The van der Waals surface area contributed by atoms with Crippen molar-refractivity contribution in [3.8, 4) is 5.69 Å². The first-order chi connectivity index (χ1) is 13.5. The van der Waals surface area contributed by atoms with Gasteiger partial charge in [0.1, 0.15) is 5.82 Å². The zero-order valence-corrected chi connectivity index (χ0v) is 15.2. The summed E-state index contributed by atoms with van der Waals surface area (Å²) in [6.07, 6.45) is 1.75. The van der Waals surface area contributed by atoms with Crippen LogP contribution in [0.15, 0.2) is 48.5 Å². The lowest BCUT2D eigenvalue weighted by molar-refractivity contribution is -0.139. The molecule has 3 aromatic rings. The fourth-order valence-electron chi connectivity index (χ4n) is 2.97. The van der Waals surface area contributed by atoms with E-state index >= 15 is 0 Å². The standard InChI is InChI=1S/C20H19N5O3/c1-12-21-16-11-13(7-10-17(16)25(12)15-5-3-2-4-6-15)18(26)23-24-20(28)19(27)22-14-8-9-14/h2-7,10-11,14H,8-9H2,1H3,(H,22,27)(H,23,26)(H,24,28). The number of nitrogens with one attached hydrogen (secondary N) is 3. The maximum absolute atomic E-state index is 12.3. The van der Waals surface area contributed by atoms with Crippen molar-refractivity contribution in [2.75, 3.05) is 0 Å². The minimum atomic E-state index is -0.898. The molecule has 8 heteroatoms. The Morgan fingerprint density at radius 1 is 1.00 bits per heavy atom. The van der Waals surface area contributed by atoms with Gasteiger partial charge < -0.3 is 5.32 Å². The molecule has 0 radical (unpaired) electrons. The highest BCUT2D eigenvalue weighted by Crippen LogP contribution is 2.22. The van der Waals surface area contributed by atoms with Crippen molar-refractivity contribution >= 4 is 28.8 Å². The number of imidazole rings is 1. The monoisotopic (exact) mass is 377 g/mol. The van der Waals surface area contributed by atoms with Crippen LogP contribution in [-0.2, 0) is 9.59 Å². The fourth-order valence-corrected chi connectivity index (χ4v) is 2.97. The molecule has 0 aliphatic heterocycles. The van der Waals surface area contributed by atoms with E-state index in [2.05, 4.69) is 21.2 Å². The van der Waals surface area contributed by atoms with E-state index in [1.807, 2.05) is 41.8 Å². The Kier molecular flexibility index (Phi) is 4.52. The molecule has 3 N–H and O–H groups in total. The minimum Gasteiger partial charge on any atom is -0.345 e. The topological polar surface area (TPSA) is 105 Å². The predicted molar refractivity (Wildman–Crippen MR) is 103 cm³/mol. The van der Waals surface area contributed by atoms with Gasteiger partial charge in [0.15, 0.2) is 0 Å². The third-order valence-electron chi connectivity index (χ3n) is 4.51. The van der Waals surface area contributed by atoms with Gasteiger partial charge in [0.2, 0.25) is 0 Å². The average Bonchev–Trinajstić information content (AvgIpc) is 3.45. The van der Waals surface area contributed by atoms with Gasteiger partial charge in [0.25, 0.3) is 5.91 Å². The number of amides is 3. The second-order valence-electron chi connectivity index (χ2n) is 6.69. The molecule has 1 heterocycles. The van der Waals surface area contributed by atoms with Gasteiger partial charge in [-0.2, -0.15) is 0 Å². The Morgan fingerprint density at radius 2 is 1.75 bits per heavy atom. The Balaban J connectivity index is 1.49. The molecule has 0 bridgehead atoms. The van der Waals surface area contributed by atoms with Gasteiger partial charge in [0, 0.05) is 17.3 Å². The van der Waals surface area contributed by atoms with Crippen LogP contribution in [0.25, 0.3) is 16.7 Å². The third kappa shape index (κ3) is 3.57. The second kappa shape index (κ2) is 7.15. The molecular weight excluding hydrogens is 358 g/mol. The molecule has 4 rings (SSSR count). The minimum absolute atomic E-state index is 0.0688. The van der Waals surface area contributed by atoms with Crippen molar-refractivity contribution in [3.05, 3.63) is 59.9 Å². The molecule has 1 fully saturated rings. The smallest absolute Gasteiger partial charge is 0.327 e. The van der Waals surface area contributed by atoms with Crippen LogP contribution < -0.4 is 16.2 Å². The van der Waals surface area contributed by atoms with E-state index < -0.39 is 17.7 Å². The van der Waals surface area contributed by atoms with Crippen LogP contribution in [0.2, 0.25) is 0 Å². The van der Waals surface area contributed by atoms with Crippen molar-refractivity contribution in [1.29, 1.82) is 0 Å². The summed E-state index contributed by atoms with van der Waals surface area (Å²) in [4.78, 5) is 40.2. The summed E-state index contributed by atoms with van der Waals surface area (Å²) in [6.45, 7) is 1.89. The number of para-hydroxylation sites is 1. The number of hydrazine groups is 1. The largest absolute Gasteiger partial charge is 0.345 e. The molecule has 0 spiro atoms. The molecule has 0 unspecified atom stereocenters. The van der Waals surface area contributed by atoms with E-state index in [1.54, 1.807) is 18.2 Å². The highest BCUT2D eigenvalue weighted by atomic mass is 16.2. The average molecular weight is 377 g/mol. The summed E-state index contributed by atoms with van der Waals surface area (Å²) >= 11 is 0.